The highest BCUT2D eigenvalue weighted by Gasteiger charge is 2.12. The molecule has 1 amide bonds. The monoisotopic (exact) mass is 431 g/mol. The second kappa shape index (κ2) is 8.46. The maximum atomic E-state index is 12.6. The first-order chi connectivity index (χ1) is 14.5. The van der Waals surface area contributed by atoms with Crippen LogP contribution in [0, 0.1) is 11.3 Å². The number of carbonyl (C=O) groups excluding carboxylic acids is 1. The van der Waals surface area contributed by atoms with Crippen molar-refractivity contribution < 1.29 is 4.79 Å². The molecule has 1 N–H and O–H groups in total. The van der Waals surface area contributed by atoms with E-state index < -0.39 is 5.91 Å². The Labute approximate surface area is 183 Å². The fraction of sp³-hybridized carbons (Fsp3) is 0. The van der Waals surface area contributed by atoms with Gasteiger partial charge >= 0.3 is 0 Å². The smallest absolute Gasteiger partial charge is 0.266 e. The second-order valence-electron chi connectivity index (χ2n) is 6.59. The highest BCUT2D eigenvalue weighted by atomic mass is 35.5. The summed E-state index contributed by atoms with van der Waals surface area (Å²) >= 11 is 11.9. The lowest BCUT2D eigenvalue weighted by Gasteiger charge is -2.09. The quantitative estimate of drug-likeness (QED) is 0.296. The predicted molar refractivity (Wildman–Crippen MR) is 122 cm³/mol. The molecule has 30 heavy (non-hydrogen) atoms. The van der Waals surface area contributed by atoms with Crippen molar-refractivity contribution in [3.63, 3.8) is 0 Å². The molecule has 0 unspecified atom stereocenters. The third kappa shape index (κ3) is 4.08. The lowest BCUT2D eigenvalue weighted by Crippen LogP contribution is -2.13. The number of hydrogen-bond acceptors (Lipinski definition) is 2. The van der Waals surface area contributed by atoms with Crippen LogP contribution in [-0.4, -0.2) is 10.5 Å². The van der Waals surface area contributed by atoms with Crippen molar-refractivity contribution in [3.8, 4) is 11.8 Å². The van der Waals surface area contributed by atoms with Crippen molar-refractivity contribution in [1.29, 1.82) is 5.26 Å². The standard InChI is InChI=1S/C24H15Cl2N3O/c25-22-10-8-19(14-23(22)26)28-24(30)18(15-27)13-20-6-3-11-29(20)21-9-7-16-4-1-2-5-17(16)12-21/h1-14H,(H,28,30)/b18-13-. The molecule has 0 saturated heterocycles. The number of fused-ring (bicyclic) bond motifs is 1. The Hall–Kier alpha value is -3.52. The van der Waals surface area contributed by atoms with E-state index in [0.717, 1.165) is 16.5 Å². The summed E-state index contributed by atoms with van der Waals surface area (Å²) in [5.74, 6) is -0.526. The number of halogens is 2. The van der Waals surface area contributed by atoms with E-state index in [0.29, 0.717) is 21.4 Å². The van der Waals surface area contributed by atoms with Gasteiger partial charge in [-0.1, -0.05) is 53.5 Å². The van der Waals surface area contributed by atoms with Gasteiger partial charge in [-0.15, -0.1) is 0 Å². The molecule has 0 aliphatic carbocycles. The van der Waals surface area contributed by atoms with Gasteiger partial charge in [0.1, 0.15) is 11.6 Å². The molecule has 3 aromatic carbocycles. The van der Waals surface area contributed by atoms with Crippen LogP contribution in [0.15, 0.2) is 84.6 Å². The minimum absolute atomic E-state index is 0.0261. The molecule has 0 aliphatic rings. The lowest BCUT2D eigenvalue weighted by atomic mass is 10.1. The third-order valence-electron chi connectivity index (χ3n) is 4.63. The molecule has 0 bridgehead atoms. The summed E-state index contributed by atoms with van der Waals surface area (Å²) in [5.41, 5.74) is 2.08. The molecule has 4 nitrogen and oxygen atoms in total. The second-order valence-corrected chi connectivity index (χ2v) is 7.40. The van der Waals surface area contributed by atoms with Gasteiger partial charge in [0.25, 0.3) is 5.91 Å². The number of aromatic nitrogens is 1. The molecule has 4 aromatic rings. The summed E-state index contributed by atoms with van der Waals surface area (Å²) in [6.07, 6.45) is 3.45. The van der Waals surface area contributed by atoms with E-state index >= 15 is 0 Å². The van der Waals surface area contributed by atoms with Crippen molar-refractivity contribution in [3.05, 3.63) is 100 Å². The van der Waals surface area contributed by atoms with Gasteiger partial charge in [0.05, 0.1) is 10.0 Å². The molecular formula is C24H15Cl2N3O. The zero-order valence-electron chi connectivity index (χ0n) is 15.6. The summed E-state index contributed by atoms with van der Waals surface area (Å²) < 4.78 is 1.93. The highest BCUT2D eigenvalue weighted by molar-refractivity contribution is 6.42. The Bertz CT molecular complexity index is 1330. The normalized spacial score (nSPS) is 11.3. The maximum absolute atomic E-state index is 12.6. The molecule has 146 valence electrons. The molecule has 0 saturated carbocycles. The molecule has 6 heteroatoms. The first-order valence-electron chi connectivity index (χ1n) is 9.10. The number of anilines is 1. The largest absolute Gasteiger partial charge is 0.321 e. The number of nitrogens with zero attached hydrogens (tertiary/aromatic N) is 2. The van der Waals surface area contributed by atoms with Gasteiger partial charge in [0.15, 0.2) is 0 Å². The molecule has 1 heterocycles. The minimum atomic E-state index is -0.526. The Morgan fingerprint density at radius 2 is 1.73 bits per heavy atom. The SMILES string of the molecule is N#C/C(=C/c1cccn1-c1ccc2ccccc2c1)C(=O)Nc1ccc(Cl)c(Cl)c1. The van der Waals surface area contributed by atoms with Gasteiger partial charge in [-0.05, 0) is 59.3 Å². The average Bonchev–Trinajstić information content (AvgIpc) is 3.22. The maximum Gasteiger partial charge on any atom is 0.266 e. The van der Waals surface area contributed by atoms with E-state index in [1.165, 1.54) is 6.07 Å². The van der Waals surface area contributed by atoms with Crippen molar-refractivity contribution in [2.24, 2.45) is 0 Å². The first kappa shape index (κ1) is 19.8. The fourth-order valence-corrected chi connectivity index (χ4v) is 3.44. The topological polar surface area (TPSA) is 57.8 Å². The zero-order valence-corrected chi connectivity index (χ0v) is 17.2. The van der Waals surface area contributed by atoms with Crippen LogP contribution in [0.25, 0.3) is 22.5 Å². The molecule has 1 aromatic heterocycles. The summed E-state index contributed by atoms with van der Waals surface area (Å²) in [6.45, 7) is 0. The molecule has 0 spiro atoms. The van der Waals surface area contributed by atoms with Crippen LogP contribution in [0.4, 0.5) is 5.69 Å². The molecule has 0 atom stereocenters. The van der Waals surface area contributed by atoms with Gasteiger partial charge in [-0.2, -0.15) is 5.26 Å². The molecular weight excluding hydrogens is 417 g/mol. The summed E-state index contributed by atoms with van der Waals surface area (Å²) in [4.78, 5) is 12.6. The number of benzene rings is 3. The number of nitriles is 1. The third-order valence-corrected chi connectivity index (χ3v) is 5.37. The Kier molecular flexibility index (Phi) is 5.58. The van der Waals surface area contributed by atoms with Crippen LogP contribution in [0.3, 0.4) is 0 Å². The van der Waals surface area contributed by atoms with Gasteiger partial charge in [-0.3, -0.25) is 4.79 Å². The number of nitrogens with one attached hydrogen (secondary N) is 1. The fourth-order valence-electron chi connectivity index (χ4n) is 3.14. The number of hydrogen-bond donors (Lipinski definition) is 1. The van der Waals surface area contributed by atoms with Crippen molar-refractivity contribution >= 4 is 51.6 Å². The van der Waals surface area contributed by atoms with Crippen molar-refractivity contribution in [2.75, 3.05) is 5.32 Å². The number of amides is 1. The average molecular weight is 432 g/mol. The molecule has 4 rings (SSSR count). The van der Waals surface area contributed by atoms with Gasteiger partial charge in [0.2, 0.25) is 0 Å². The van der Waals surface area contributed by atoms with E-state index in [9.17, 15) is 10.1 Å². The number of carbonyl (C=O) groups is 1. The highest BCUT2D eigenvalue weighted by Crippen LogP contribution is 2.26. The van der Waals surface area contributed by atoms with Crippen molar-refractivity contribution in [2.45, 2.75) is 0 Å². The van der Waals surface area contributed by atoms with Gasteiger partial charge in [-0.25, -0.2) is 0 Å². The Balaban J connectivity index is 1.64. The predicted octanol–water partition coefficient (Wildman–Crippen LogP) is 6.48. The summed E-state index contributed by atoms with van der Waals surface area (Å²) in [5, 5.41) is 15.2. The van der Waals surface area contributed by atoms with E-state index in [4.69, 9.17) is 23.2 Å². The first-order valence-corrected chi connectivity index (χ1v) is 9.85. The van der Waals surface area contributed by atoms with Crippen LogP contribution in [-0.2, 0) is 4.79 Å². The minimum Gasteiger partial charge on any atom is -0.321 e. The van der Waals surface area contributed by atoms with Gasteiger partial charge in [0, 0.05) is 23.3 Å². The number of rotatable bonds is 4. The Morgan fingerprint density at radius 3 is 2.50 bits per heavy atom. The van der Waals surface area contributed by atoms with Gasteiger partial charge < -0.3 is 9.88 Å². The van der Waals surface area contributed by atoms with Crippen LogP contribution in [0.5, 0.6) is 0 Å². The van der Waals surface area contributed by atoms with Crippen LogP contribution < -0.4 is 5.32 Å². The van der Waals surface area contributed by atoms with E-state index in [1.54, 1.807) is 18.2 Å². The molecule has 0 aliphatic heterocycles. The van der Waals surface area contributed by atoms with E-state index in [1.807, 2.05) is 59.3 Å². The molecule has 0 radical (unpaired) electrons. The van der Waals surface area contributed by atoms with Crippen LogP contribution >= 0.6 is 23.2 Å². The van der Waals surface area contributed by atoms with Crippen LogP contribution in [0.1, 0.15) is 5.69 Å². The lowest BCUT2D eigenvalue weighted by molar-refractivity contribution is -0.112. The summed E-state index contributed by atoms with van der Waals surface area (Å²) in [6, 6.07) is 24.6. The molecule has 0 fully saturated rings. The van der Waals surface area contributed by atoms with Crippen LogP contribution in [0.2, 0.25) is 10.0 Å². The van der Waals surface area contributed by atoms with E-state index in [2.05, 4.69) is 17.4 Å². The van der Waals surface area contributed by atoms with Crippen molar-refractivity contribution in [1.82, 2.24) is 4.57 Å². The Morgan fingerprint density at radius 1 is 0.933 bits per heavy atom. The zero-order chi connectivity index (χ0) is 21.1. The summed E-state index contributed by atoms with van der Waals surface area (Å²) in [7, 11) is 0. The van der Waals surface area contributed by atoms with E-state index in [-0.39, 0.29) is 5.57 Å².